The first-order valence-corrected chi connectivity index (χ1v) is 9.95. The van der Waals surface area contributed by atoms with Gasteiger partial charge < -0.3 is 15.0 Å². The summed E-state index contributed by atoms with van der Waals surface area (Å²) >= 11 is 0. The van der Waals surface area contributed by atoms with Crippen LogP contribution in [0, 0.1) is 5.92 Å². The molecule has 0 atom stereocenters. The summed E-state index contributed by atoms with van der Waals surface area (Å²) in [5.74, 6) is 1.73. The summed E-state index contributed by atoms with van der Waals surface area (Å²) in [6.07, 6.45) is 3.35. The minimum atomic E-state index is -3.09. The Morgan fingerprint density at radius 3 is 2.50 bits per heavy atom. The maximum Gasteiger partial charge on any atom is 0.213 e. The Morgan fingerprint density at radius 1 is 1.29 bits per heavy atom. The summed E-state index contributed by atoms with van der Waals surface area (Å²) < 4.78 is 30.3. The van der Waals surface area contributed by atoms with Gasteiger partial charge in [-0.05, 0) is 32.1 Å². The van der Waals surface area contributed by atoms with Crippen molar-refractivity contribution in [3.8, 4) is 0 Å². The van der Waals surface area contributed by atoms with Crippen LogP contribution in [0.4, 0.5) is 0 Å². The molecule has 7 nitrogen and oxygen atoms in total. The van der Waals surface area contributed by atoms with Gasteiger partial charge in [-0.2, -0.15) is 0 Å². The van der Waals surface area contributed by atoms with Crippen molar-refractivity contribution in [3.63, 3.8) is 0 Å². The Morgan fingerprint density at radius 2 is 1.96 bits per heavy atom. The van der Waals surface area contributed by atoms with E-state index in [0.29, 0.717) is 19.7 Å². The fourth-order valence-electron chi connectivity index (χ4n) is 2.09. The zero-order valence-corrected chi connectivity index (χ0v) is 18.5. The smallest absolute Gasteiger partial charge is 0.213 e. The lowest BCUT2D eigenvalue weighted by Crippen LogP contribution is -2.41. The number of hydrogen-bond donors (Lipinski definition) is 1. The van der Waals surface area contributed by atoms with E-state index in [9.17, 15) is 8.42 Å². The normalized spacial score (nSPS) is 15.3. The number of aliphatic imine (C=N–C) groups is 1. The van der Waals surface area contributed by atoms with Crippen LogP contribution >= 0.6 is 24.0 Å². The highest BCUT2D eigenvalue weighted by molar-refractivity contribution is 14.0. The van der Waals surface area contributed by atoms with Crippen molar-refractivity contribution in [1.29, 1.82) is 0 Å². The summed E-state index contributed by atoms with van der Waals surface area (Å²) in [7, 11) is 2.26. The van der Waals surface area contributed by atoms with Gasteiger partial charge in [0.25, 0.3) is 0 Å². The van der Waals surface area contributed by atoms with Crippen molar-refractivity contribution >= 4 is 40.0 Å². The third kappa shape index (κ3) is 9.38. The first kappa shape index (κ1) is 23.9. The monoisotopic (exact) mass is 476 g/mol. The number of nitrogens with one attached hydrogen (secondary N) is 1. The van der Waals surface area contributed by atoms with Gasteiger partial charge in [0.1, 0.15) is 0 Å². The van der Waals surface area contributed by atoms with Gasteiger partial charge in [0.05, 0.1) is 12.4 Å². The highest BCUT2D eigenvalue weighted by Gasteiger charge is 2.21. The predicted octanol–water partition coefficient (Wildman–Crippen LogP) is 1.21. The van der Waals surface area contributed by atoms with E-state index < -0.39 is 10.0 Å². The number of ether oxygens (including phenoxy) is 1. The van der Waals surface area contributed by atoms with E-state index >= 15 is 0 Å². The fourth-order valence-corrected chi connectivity index (χ4v) is 2.94. The molecular formula is C15H33IN4O3S. The molecule has 0 aromatic carbocycles. The highest BCUT2D eigenvalue weighted by atomic mass is 127. The maximum atomic E-state index is 11.7. The summed E-state index contributed by atoms with van der Waals surface area (Å²) in [5, 5.41) is 3.25. The molecule has 1 N–H and O–H groups in total. The first-order chi connectivity index (χ1) is 10.9. The molecule has 0 aromatic heterocycles. The molecule has 1 saturated carbocycles. The van der Waals surface area contributed by atoms with E-state index in [4.69, 9.17) is 4.74 Å². The van der Waals surface area contributed by atoms with E-state index in [1.807, 2.05) is 11.9 Å². The van der Waals surface area contributed by atoms with Crippen LogP contribution in [0.2, 0.25) is 0 Å². The quantitative estimate of drug-likeness (QED) is 0.210. The number of guanidine groups is 1. The van der Waals surface area contributed by atoms with Crippen LogP contribution in [-0.4, -0.2) is 83.3 Å². The number of hydrogen-bond acceptors (Lipinski definition) is 4. The average Bonchev–Trinajstić information content (AvgIpc) is 3.35. The van der Waals surface area contributed by atoms with Crippen molar-refractivity contribution < 1.29 is 13.2 Å². The predicted molar refractivity (Wildman–Crippen MR) is 110 cm³/mol. The number of sulfonamides is 1. The van der Waals surface area contributed by atoms with Crippen LogP contribution in [0.3, 0.4) is 0 Å². The Bertz CT molecular complexity index is 469. The van der Waals surface area contributed by atoms with Crippen LogP contribution in [0.5, 0.6) is 0 Å². The van der Waals surface area contributed by atoms with Crippen LogP contribution < -0.4 is 5.32 Å². The molecule has 24 heavy (non-hydrogen) atoms. The molecule has 144 valence electrons. The molecule has 0 bridgehead atoms. The van der Waals surface area contributed by atoms with E-state index in [1.165, 1.54) is 17.1 Å². The molecule has 0 aliphatic heterocycles. The summed E-state index contributed by atoms with van der Waals surface area (Å²) in [5.41, 5.74) is 0. The third-order valence-corrected chi connectivity index (χ3v) is 5.83. The lowest BCUT2D eigenvalue weighted by Gasteiger charge is -2.22. The minimum absolute atomic E-state index is 0. The minimum Gasteiger partial charge on any atom is -0.379 e. The molecule has 1 aliphatic rings. The van der Waals surface area contributed by atoms with Crippen molar-refractivity contribution in [3.05, 3.63) is 0 Å². The lowest BCUT2D eigenvalue weighted by atomic mass is 10.4. The van der Waals surface area contributed by atoms with E-state index in [2.05, 4.69) is 10.3 Å². The van der Waals surface area contributed by atoms with E-state index in [1.54, 1.807) is 21.0 Å². The standard InChI is InChI=1S/C15H32N4O3S.HI/c1-5-23(20,21)19(4)10-6-9-17-15(16-2)18(3)11-12-22-13-14-7-8-14;/h14H,5-13H2,1-4H3,(H,16,17);1H. The van der Waals surface area contributed by atoms with Gasteiger partial charge in [0, 0.05) is 47.4 Å². The van der Waals surface area contributed by atoms with Crippen molar-refractivity contribution in [2.24, 2.45) is 10.9 Å². The van der Waals surface area contributed by atoms with Gasteiger partial charge in [-0.15, -0.1) is 24.0 Å². The number of likely N-dealkylation sites (N-methyl/N-ethyl adjacent to an activating group) is 1. The number of halogens is 1. The highest BCUT2D eigenvalue weighted by Crippen LogP contribution is 2.28. The molecule has 0 aromatic rings. The van der Waals surface area contributed by atoms with Gasteiger partial charge in [-0.3, -0.25) is 4.99 Å². The zero-order chi connectivity index (χ0) is 17.3. The fraction of sp³-hybridized carbons (Fsp3) is 0.933. The summed E-state index contributed by atoms with van der Waals surface area (Å²) in [6.45, 7) is 5.21. The van der Waals surface area contributed by atoms with Crippen molar-refractivity contribution in [2.75, 3.05) is 59.7 Å². The summed E-state index contributed by atoms with van der Waals surface area (Å²) in [6, 6.07) is 0. The number of nitrogens with zero attached hydrogens (tertiary/aromatic N) is 3. The van der Waals surface area contributed by atoms with Crippen LogP contribution in [0.25, 0.3) is 0 Å². The zero-order valence-electron chi connectivity index (χ0n) is 15.3. The van der Waals surface area contributed by atoms with Gasteiger partial charge in [-0.25, -0.2) is 12.7 Å². The second-order valence-corrected chi connectivity index (χ2v) is 8.35. The largest absolute Gasteiger partial charge is 0.379 e. The Balaban J connectivity index is 0.00000529. The SMILES string of the molecule is CCS(=O)(=O)N(C)CCCNC(=NC)N(C)CCOCC1CC1.I. The number of rotatable bonds is 11. The molecule has 0 saturated heterocycles. The van der Waals surface area contributed by atoms with Gasteiger partial charge in [0.15, 0.2) is 5.96 Å². The Hall–Kier alpha value is -0.130. The van der Waals surface area contributed by atoms with Gasteiger partial charge in [0.2, 0.25) is 10.0 Å². The maximum absolute atomic E-state index is 11.7. The molecule has 0 amide bonds. The lowest BCUT2D eigenvalue weighted by molar-refractivity contribution is 0.115. The van der Waals surface area contributed by atoms with Crippen molar-refractivity contribution in [1.82, 2.24) is 14.5 Å². The van der Waals surface area contributed by atoms with Crippen LogP contribution in [-0.2, 0) is 14.8 Å². The van der Waals surface area contributed by atoms with Gasteiger partial charge >= 0.3 is 0 Å². The molecule has 1 fully saturated rings. The van der Waals surface area contributed by atoms with E-state index in [0.717, 1.165) is 31.4 Å². The molecule has 0 radical (unpaired) electrons. The molecule has 0 heterocycles. The first-order valence-electron chi connectivity index (χ1n) is 8.34. The van der Waals surface area contributed by atoms with E-state index in [-0.39, 0.29) is 29.7 Å². The molecule has 0 unspecified atom stereocenters. The molecule has 1 rings (SSSR count). The molecule has 0 spiro atoms. The molecular weight excluding hydrogens is 443 g/mol. The molecule has 1 aliphatic carbocycles. The van der Waals surface area contributed by atoms with Gasteiger partial charge in [-0.1, -0.05) is 0 Å². The second-order valence-electron chi connectivity index (χ2n) is 5.99. The van der Waals surface area contributed by atoms with Crippen LogP contribution in [0.1, 0.15) is 26.2 Å². The Kier molecular flexibility index (Phi) is 12.2. The van der Waals surface area contributed by atoms with Crippen molar-refractivity contribution in [2.45, 2.75) is 26.2 Å². The third-order valence-electron chi connectivity index (χ3n) is 3.97. The van der Waals surface area contributed by atoms with Crippen LogP contribution in [0.15, 0.2) is 4.99 Å². The average molecular weight is 476 g/mol. The topological polar surface area (TPSA) is 74.2 Å². The second kappa shape index (κ2) is 12.3. The summed E-state index contributed by atoms with van der Waals surface area (Å²) in [4.78, 5) is 6.27. The molecule has 9 heteroatoms. The Labute approximate surface area is 164 Å².